The molecule has 1 N–H and O–H groups in total. The number of hydrogen-bond acceptors (Lipinski definition) is 8. The zero-order chi connectivity index (χ0) is 28.1. The molecule has 2 heterocycles. The summed E-state index contributed by atoms with van der Waals surface area (Å²) in [6, 6.07) is 28.0. The van der Waals surface area contributed by atoms with Crippen LogP contribution in [0.3, 0.4) is 0 Å². The average Bonchev–Trinajstić information content (AvgIpc) is 3.66. The number of methoxy groups -OCH3 is 2. The van der Waals surface area contributed by atoms with Crippen LogP contribution in [0, 0.1) is 0 Å². The van der Waals surface area contributed by atoms with E-state index in [1.807, 2.05) is 66.7 Å². The lowest BCUT2D eigenvalue weighted by Crippen LogP contribution is -2.33. The molecule has 0 aliphatic rings. The summed E-state index contributed by atoms with van der Waals surface area (Å²) in [5.41, 5.74) is 3.71. The standard InChI is InChI=1S/C30H24N4O5S/c1-38-25-16-10-9-15-21(25)31-28(36)27(35)26(29(37)39-2)23-18-40-30(32-23)34-24(20-13-7-4-8-14-20)17-22(33-34)19-11-5-3-6-12-19/h3-18,26H,1-2H3,(H,31,36)/t26-/m0/s1. The van der Waals surface area contributed by atoms with Gasteiger partial charge >= 0.3 is 5.97 Å². The SMILES string of the molecule is COC(=O)[C@H](C(=O)C(=O)Nc1ccccc1OC)c1csc(-n2nc(-c3ccccc3)cc2-c2ccccc2)n1. The molecule has 0 fully saturated rings. The van der Waals surface area contributed by atoms with Gasteiger partial charge in [-0.3, -0.25) is 14.4 Å². The first-order valence-corrected chi connectivity index (χ1v) is 13.1. The number of aromatic nitrogens is 3. The molecule has 0 spiro atoms. The lowest BCUT2D eigenvalue weighted by Gasteiger charge is -2.13. The maximum Gasteiger partial charge on any atom is 0.323 e. The van der Waals surface area contributed by atoms with Crippen molar-refractivity contribution in [1.29, 1.82) is 0 Å². The second-order valence-corrected chi connectivity index (χ2v) is 9.43. The molecule has 0 radical (unpaired) electrons. The molecule has 0 aliphatic carbocycles. The van der Waals surface area contributed by atoms with Crippen LogP contribution in [-0.2, 0) is 19.1 Å². The Hall–Kier alpha value is -5.09. The van der Waals surface area contributed by atoms with Gasteiger partial charge < -0.3 is 14.8 Å². The van der Waals surface area contributed by atoms with Gasteiger partial charge in [0.15, 0.2) is 5.92 Å². The summed E-state index contributed by atoms with van der Waals surface area (Å²) in [5, 5.41) is 9.29. The van der Waals surface area contributed by atoms with Crippen molar-refractivity contribution in [2.75, 3.05) is 19.5 Å². The third kappa shape index (κ3) is 5.38. The van der Waals surface area contributed by atoms with Gasteiger partial charge in [0, 0.05) is 16.5 Å². The molecule has 10 heteroatoms. The molecule has 40 heavy (non-hydrogen) atoms. The highest BCUT2D eigenvalue weighted by atomic mass is 32.1. The molecular weight excluding hydrogens is 528 g/mol. The number of carbonyl (C=O) groups excluding carboxylic acids is 3. The van der Waals surface area contributed by atoms with Crippen LogP contribution in [0.5, 0.6) is 5.75 Å². The Morgan fingerprint density at radius 3 is 2.20 bits per heavy atom. The summed E-state index contributed by atoms with van der Waals surface area (Å²) in [6.07, 6.45) is 0. The number of carbonyl (C=O) groups is 3. The van der Waals surface area contributed by atoms with Crippen LogP contribution in [-0.4, -0.2) is 46.6 Å². The van der Waals surface area contributed by atoms with E-state index in [0.29, 0.717) is 16.6 Å². The smallest absolute Gasteiger partial charge is 0.323 e. The molecule has 1 atom stereocenters. The fraction of sp³-hybridized carbons (Fsp3) is 0.100. The van der Waals surface area contributed by atoms with Crippen LogP contribution in [0.1, 0.15) is 11.6 Å². The van der Waals surface area contributed by atoms with Crippen LogP contribution >= 0.6 is 11.3 Å². The van der Waals surface area contributed by atoms with Crippen LogP contribution in [0.25, 0.3) is 27.6 Å². The number of benzene rings is 3. The lowest BCUT2D eigenvalue weighted by molar-refractivity contribution is -0.148. The number of ketones is 1. The summed E-state index contributed by atoms with van der Waals surface area (Å²) in [5.74, 6) is -4.09. The maximum atomic E-state index is 13.3. The normalized spacial score (nSPS) is 11.4. The Morgan fingerprint density at radius 2 is 1.52 bits per heavy atom. The van der Waals surface area contributed by atoms with Gasteiger partial charge in [-0.1, -0.05) is 72.8 Å². The number of nitrogens with one attached hydrogen (secondary N) is 1. The fourth-order valence-corrected chi connectivity index (χ4v) is 4.95. The number of para-hydroxylation sites is 2. The highest BCUT2D eigenvalue weighted by Crippen LogP contribution is 2.32. The number of ether oxygens (including phenoxy) is 2. The molecule has 0 aliphatic heterocycles. The lowest BCUT2D eigenvalue weighted by atomic mass is 10.0. The molecule has 0 unspecified atom stereocenters. The molecule has 5 aromatic rings. The number of thiazole rings is 1. The first-order valence-electron chi connectivity index (χ1n) is 12.2. The first-order chi connectivity index (χ1) is 19.5. The van der Waals surface area contributed by atoms with Crippen molar-refractivity contribution in [3.8, 4) is 33.4 Å². The third-order valence-electron chi connectivity index (χ3n) is 6.11. The molecule has 0 bridgehead atoms. The van der Waals surface area contributed by atoms with Crippen LogP contribution < -0.4 is 10.1 Å². The van der Waals surface area contributed by atoms with Crippen molar-refractivity contribution in [2.24, 2.45) is 0 Å². The number of hydrogen-bond donors (Lipinski definition) is 1. The summed E-state index contributed by atoms with van der Waals surface area (Å²) in [7, 11) is 2.60. The molecule has 0 saturated heterocycles. The third-order valence-corrected chi connectivity index (χ3v) is 6.95. The summed E-state index contributed by atoms with van der Waals surface area (Å²) in [4.78, 5) is 43.5. The van der Waals surface area contributed by atoms with E-state index in [4.69, 9.17) is 14.6 Å². The molecule has 5 rings (SSSR count). The number of Topliss-reactive ketones (excluding diaryl/α,β-unsaturated/α-hetero) is 1. The summed E-state index contributed by atoms with van der Waals surface area (Å²) in [6.45, 7) is 0. The fourth-order valence-electron chi connectivity index (χ4n) is 4.14. The van der Waals surface area contributed by atoms with Crippen molar-refractivity contribution in [2.45, 2.75) is 5.92 Å². The maximum absolute atomic E-state index is 13.3. The number of esters is 1. The van der Waals surface area contributed by atoms with Crippen molar-refractivity contribution in [1.82, 2.24) is 14.8 Å². The van der Waals surface area contributed by atoms with Crippen LogP contribution in [0.4, 0.5) is 5.69 Å². The Labute approximate surface area is 234 Å². The van der Waals surface area contributed by atoms with E-state index in [1.165, 1.54) is 18.4 Å². The van der Waals surface area contributed by atoms with Crippen molar-refractivity contribution < 1.29 is 23.9 Å². The zero-order valence-corrected chi connectivity index (χ0v) is 22.4. The first kappa shape index (κ1) is 26.5. The van der Waals surface area contributed by atoms with Crippen LogP contribution in [0.15, 0.2) is 96.4 Å². The van der Waals surface area contributed by atoms with Crippen molar-refractivity contribution >= 4 is 34.7 Å². The second-order valence-electron chi connectivity index (χ2n) is 8.59. The van der Waals surface area contributed by atoms with E-state index >= 15 is 0 Å². The van der Waals surface area contributed by atoms with Crippen LogP contribution in [0.2, 0.25) is 0 Å². The van der Waals surface area contributed by atoms with Gasteiger partial charge in [0.05, 0.1) is 37.0 Å². The van der Waals surface area contributed by atoms with E-state index in [-0.39, 0.29) is 5.69 Å². The predicted molar refractivity (Wildman–Crippen MR) is 151 cm³/mol. The van der Waals surface area contributed by atoms with E-state index in [0.717, 1.165) is 29.6 Å². The van der Waals surface area contributed by atoms with Crippen molar-refractivity contribution in [3.63, 3.8) is 0 Å². The second kappa shape index (κ2) is 11.7. The quantitative estimate of drug-likeness (QED) is 0.153. The van der Waals surface area contributed by atoms with E-state index < -0.39 is 23.6 Å². The van der Waals surface area contributed by atoms with E-state index in [2.05, 4.69) is 10.3 Å². The Bertz CT molecular complexity index is 1660. The van der Waals surface area contributed by atoms with Gasteiger partial charge in [-0.2, -0.15) is 5.10 Å². The summed E-state index contributed by atoms with van der Waals surface area (Å²) < 4.78 is 11.8. The molecule has 3 aromatic carbocycles. The molecule has 9 nitrogen and oxygen atoms in total. The minimum atomic E-state index is -1.56. The topological polar surface area (TPSA) is 112 Å². The number of nitrogens with zero attached hydrogens (tertiary/aromatic N) is 3. The minimum absolute atomic E-state index is 0.0859. The summed E-state index contributed by atoms with van der Waals surface area (Å²) >= 11 is 1.19. The van der Waals surface area contributed by atoms with E-state index in [1.54, 1.807) is 34.3 Å². The molecular formula is C30H24N4O5S. The highest BCUT2D eigenvalue weighted by Gasteiger charge is 2.37. The molecule has 1 amide bonds. The number of amides is 1. The van der Waals surface area contributed by atoms with Gasteiger partial charge in [-0.25, -0.2) is 9.67 Å². The Kier molecular flexibility index (Phi) is 7.79. The van der Waals surface area contributed by atoms with Gasteiger partial charge in [0.2, 0.25) is 10.9 Å². The number of rotatable bonds is 9. The largest absolute Gasteiger partial charge is 0.495 e. The molecule has 0 saturated carbocycles. The average molecular weight is 553 g/mol. The van der Waals surface area contributed by atoms with Gasteiger partial charge in [-0.15, -0.1) is 11.3 Å². The van der Waals surface area contributed by atoms with Gasteiger partial charge in [-0.05, 0) is 18.2 Å². The predicted octanol–water partition coefficient (Wildman–Crippen LogP) is 5.14. The highest BCUT2D eigenvalue weighted by molar-refractivity contribution is 7.12. The van der Waals surface area contributed by atoms with Gasteiger partial charge in [0.1, 0.15) is 5.75 Å². The zero-order valence-electron chi connectivity index (χ0n) is 21.6. The molecule has 200 valence electrons. The number of anilines is 1. The Morgan fingerprint density at radius 1 is 0.875 bits per heavy atom. The monoisotopic (exact) mass is 552 g/mol. The van der Waals surface area contributed by atoms with E-state index in [9.17, 15) is 14.4 Å². The molecule has 2 aromatic heterocycles. The van der Waals surface area contributed by atoms with Gasteiger partial charge in [0.25, 0.3) is 5.91 Å². The Balaban J connectivity index is 1.51. The van der Waals surface area contributed by atoms with Crippen molar-refractivity contribution in [3.05, 3.63) is 102 Å². The minimum Gasteiger partial charge on any atom is -0.495 e.